The first-order valence-corrected chi connectivity index (χ1v) is 7.06. The van der Waals surface area contributed by atoms with Gasteiger partial charge in [-0.05, 0) is 23.6 Å². The Hall–Kier alpha value is -0.770. The maximum atomic E-state index is 12.2. The lowest BCUT2D eigenvalue weighted by Crippen LogP contribution is -2.45. The monoisotopic (exact) mass is 302 g/mol. The van der Waals surface area contributed by atoms with E-state index in [4.69, 9.17) is 28.9 Å². The van der Waals surface area contributed by atoms with Crippen LogP contribution in [0.4, 0.5) is 0 Å². The van der Waals surface area contributed by atoms with Crippen LogP contribution in [-0.4, -0.2) is 23.9 Å². The molecule has 0 aliphatic carbocycles. The van der Waals surface area contributed by atoms with Crippen LogP contribution in [-0.2, 0) is 11.3 Å². The molecule has 0 aliphatic rings. The zero-order valence-electron chi connectivity index (χ0n) is 11.5. The van der Waals surface area contributed by atoms with Gasteiger partial charge in [0.2, 0.25) is 5.91 Å². The fourth-order valence-corrected chi connectivity index (χ4v) is 2.20. The van der Waals surface area contributed by atoms with E-state index in [1.54, 1.807) is 24.1 Å². The van der Waals surface area contributed by atoms with Crippen LogP contribution in [0.25, 0.3) is 0 Å². The largest absolute Gasteiger partial charge is 0.340 e. The topological polar surface area (TPSA) is 46.3 Å². The number of nitrogens with two attached hydrogens (primary N) is 1. The van der Waals surface area contributed by atoms with Crippen molar-refractivity contribution in [2.45, 2.75) is 32.9 Å². The molecule has 5 heteroatoms. The van der Waals surface area contributed by atoms with E-state index in [0.29, 0.717) is 16.6 Å². The van der Waals surface area contributed by atoms with Gasteiger partial charge in [-0.2, -0.15) is 0 Å². The highest BCUT2D eigenvalue weighted by Crippen LogP contribution is 2.22. The van der Waals surface area contributed by atoms with Crippen molar-refractivity contribution in [1.29, 1.82) is 0 Å². The van der Waals surface area contributed by atoms with E-state index in [-0.39, 0.29) is 11.8 Å². The summed E-state index contributed by atoms with van der Waals surface area (Å²) in [5.41, 5.74) is 6.80. The molecule has 0 aliphatic heterocycles. The van der Waals surface area contributed by atoms with E-state index in [1.165, 1.54) is 0 Å². The third-order valence-corrected chi connectivity index (χ3v) is 3.93. The molecule has 3 nitrogen and oxygen atoms in total. The van der Waals surface area contributed by atoms with Crippen molar-refractivity contribution >= 4 is 29.1 Å². The Morgan fingerprint density at radius 2 is 2.05 bits per heavy atom. The fourth-order valence-electron chi connectivity index (χ4n) is 1.74. The number of hydrogen-bond donors (Lipinski definition) is 1. The lowest BCUT2D eigenvalue weighted by Gasteiger charge is -2.25. The molecule has 2 atom stereocenters. The molecule has 0 aromatic heterocycles. The first kappa shape index (κ1) is 16.3. The first-order chi connectivity index (χ1) is 8.86. The summed E-state index contributed by atoms with van der Waals surface area (Å²) in [5, 5.41) is 1.14. The minimum absolute atomic E-state index is 0.0691. The number of benzene rings is 1. The minimum atomic E-state index is -0.471. The van der Waals surface area contributed by atoms with E-state index in [1.807, 2.05) is 19.9 Å². The molecule has 1 amide bonds. The third kappa shape index (κ3) is 4.37. The number of carbonyl (C=O) groups excluding carboxylic acids is 1. The van der Waals surface area contributed by atoms with Crippen molar-refractivity contribution in [2.24, 2.45) is 11.7 Å². The Balaban J connectivity index is 2.73. The molecule has 0 saturated carbocycles. The average Bonchev–Trinajstić information content (AvgIpc) is 2.39. The average molecular weight is 303 g/mol. The molecule has 106 valence electrons. The molecule has 0 heterocycles. The van der Waals surface area contributed by atoms with Gasteiger partial charge in [0.05, 0.1) is 6.04 Å². The summed E-state index contributed by atoms with van der Waals surface area (Å²) in [5.74, 6) is 0.0935. The summed E-state index contributed by atoms with van der Waals surface area (Å²) in [4.78, 5) is 13.8. The minimum Gasteiger partial charge on any atom is -0.340 e. The SMILES string of the molecule is CCC(C)[C@H](N)C(=O)N(C)Cc1ccc(Cl)cc1Cl. The van der Waals surface area contributed by atoms with Gasteiger partial charge in [0.15, 0.2) is 0 Å². The molecule has 0 bridgehead atoms. The van der Waals surface area contributed by atoms with Gasteiger partial charge in [-0.25, -0.2) is 0 Å². The third-order valence-electron chi connectivity index (χ3n) is 3.34. The van der Waals surface area contributed by atoms with Crippen LogP contribution in [0.2, 0.25) is 10.0 Å². The summed E-state index contributed by atoms with van der Waals surface area (Å²) in [6.07, 6.45) is 0.877. The second-order valence-corrected chi connectivity index (χ2v) is 5.68. The lowest BCUT2D eigenvalue weighted by molar-refractivity contribution is -0.132. The van der Waals surface area contributed by atoms with E-state index in [2.05, 4.69) is 0 Å². The number of rotatable bonds is 5. The van der Waals surface area contributed by atoms with Crippen LogP contribution in [0.1, 0.15) is 25.8 Å². The van der Waals surface area contributed by atoms with Crippen LogP contribution in [0.5, 0.6) is 0 Å². The highest BCUT2D eigenvalue weighted by Gasteiger charge is 2.23. The highest BCUT2D eigenvalue weighted by atomic mass is 35.5. The molecular weight excluding hydrogens is 283 g/mol. The quantitative estimate of drug-likeness (QED) is 0.907. The Kier molecular flexibility index (Phi) is 6.11. The predicted molar refractivity (Wildman–Crippen MR) is 80.4 cm³/mol. The predicted octanol–water partition coefficient (Wildman–Crippen LogP) is 3.33. The van der Waals surface area contributed by atoms with Crippen LogP contribution < -0.4 is 5.73 Å². The standard InChI is InChI=1S/C14H20Cl2N2O/c1-4-9(2)13(17)14(19)18(3)8-10-5-6-11(15)7-12(10)16/h5-7,9,13H,4,8,17H2,1-3H3/t9?,13-/m0/s1. The van der Waals surface area contributed by atoms with Crippen LogP contribution >= 0.6 is 23.2 Å². The van der Waals surface area contributed by atoms with Gasteiger partial charge >= 0.3 is 0 Å². The summed E-state index contributed by atoms with van der Waals surface area (Å²) in [7, 11) is 1.73. The molecule has 0 fully saturated rings. The molecule has 1 aromatic carbocycles. The number of nitrogens with zero attached hydrogens (tertiary/aromatic N) is 1. The Morgan fingerprint density at radius 1 is 1.42 bits per heavy atom. The zero-order chi connectivity index (χ0) is 14.6. The maximum Gasteiger partial charge on any atom is 0.239 e. The molecule has 0 saturated heterocycles. The second-order valence-electron chi connectivity index (χ2n) is 4.84. The van der Waals surface area contributed by atoms with Crippen molar-refractivity contribution in [3.8, 4) is 0 Å². The van der Waals surface area contributed by atoms with E-state index < -0.39 is 6.04 Å². The van der Waals surface area contributed by atoms with Crippen LogP contribution in [0.3, 0.4) is 0 Å². The smallest absolute Gasteiger partial charge is 0.239 e. The van der Waals surface area contributed by atoms with E-state index in [9.17, 15) is 4.79 Å². The van der Waals surface area contributed by atoms with Crippen molar-refractivity contribution in [3.63, 3.8) is 0 Å². The molecule has 0 radical (unpaired) electrons. The van der Waals surface area contributed by atoms with Crippen LogP contribution in [0.15, 0.2) is 18.2 Å². The number of carbonyl (C=O) groups is 1. The van der Waals surface area contributed by atoms with Gasteiger partial charge in [-0.3, -0.25) is 4.79 Å². The highest BCUT2D eigenvalue weighted by molar-refractivity contribution is 6.35. The van der Waals surface area contributed by atoms with Gasteiger partial charge in [0, 0.05) is 23.6 Å². The van der Waals surface area contributed by atoms with Crippen LogP contribution in [0, 0.1) is 5.92 Å². The zero-order valence-corrected chi connectivity index (χ0v) is 13.0. The van der Waals surface area contributed by atoms with Gasteiger partial charge < -0.3 is 10.6 Å². The summed E-state index contributed by atoms with van der Waals surface area (Å²) in [6, 6.07) is 4.78. The van der Waals surface area contributed by atoms with E-state index >= 15 is 0 Å². The molecule has 0 spiro atoms. The summed E-state index contributed by atoms with van der Waals surface area (Å²) < 4.78 is 0. The number of likely N-dealkylation sites (N-methyl/N-ethyl adjacent to an activating group) is 1. The summed E-state index contributed by atoms with van der Waals surface area (Å²) in [6.45, 7) is 4.43. The number of halogens is 2. The van der Waals surface area contributed by atoms with Crippen molar-refractivity contribution in [2.75, 3.05) is 7.05 Å². The molecule has 19 heavy (non-hydrogen) atoms. The van der Waals surface area contributed by atoms with Gasteiger partial charge in [-0.1, -0.05) is 49.5 Å². The molecular formula is C14H20Cl2N2O. The van der Waals surface area contributed by atoms with Crippen molar-refractivity contribution in [1.82, 2.24) is 4.90 Å². The number of amides is 1. The second kappa shape index (κ2) is 7.13. The van der Waals surface area contributed by atoms with Gasteiger partial charge in [0.1, 0.15) is 0 Å². The Morgan fingerprint density at radius 3 is 2.58 bits per heavy atom. The Labute approximate surface area is 124 Å². The Bertz CT molecular complexity index is 451. The molecule has 1 unspecified atom stereocenters. The molecule has 1 rings (SSSR count). The van der Waals surface area contributed by atoms with E-state index in [0.717, 1.165) is 12.0 Å². The summed E-state index contributed by atoms with van der Waals surface area (Å²) >= 11 is 11.9. The van der Waals surface area contributed by atoms with Crippen molar-refractivity contribution in [3.05, 3.63) is 33.8 Å². The van der Waals surface area contributed by atoms with Gasteiger partial charge in [0.25, 0.3) is 0 Å². The maximum absolute atomic E-state index is 12.2. The first-order valence-electron chi connectivity index (χ1n) is 6.31. The fraction of sp³-hybridized carbons (Fsp3) is 0.500. The molecule has 2 N–H and O–H groups in total. The molecule has 1 aromatic rings. The van der Waals surface area contributed by atoms with Gasteiger partial charge in [-0.15, -0.1) is 0 Å². The lowest BCUT2D eigenvalue weighted by atomic mass is 9.99. The van der Waals surface area contributed by atoms with Crippen molar-refractivity contribution < 1.29 is 4.79 Å². The number of hydrogen-bond acceptors (Lipinski definition) is 2. The normalized spacial score (nSPS) is 14.0.